The fourth-order valence-corrected chi connectivity index (χ4v) is 0.876. The summed E-state index contributed by atoms with van der Waals surface area (Å²) in [6.07, 6.45) is 0. The quantitative estimate of drug-likeness (QED) is 0.366. The Morgan fingerprint density at radius 3 is 2.92 bits per heavy atom. The molecule has 3 heteroatoms. The highest BCUT2D eigenvalue weighted by molar-refractivity contribution is 7.80. The molecule has 0 atom stereocenters. The van der Waals surface area contributed by atoms with Crippen molar-refractivity contribution in [2.75, 3.05) is 5.75 Å². The summed E-state index contributed by atoms with van der Waals surface area (Å²) in [6.45, 7) is 1.73. The molecule has 1 aromatic rings. The monoisotopic (exact) mass is 181 g/mol. The van der Waals surface area contributed by atoms with E-state index in [9.17, 15) is 4.39 Å². The van der Waals surface area contributed by atoms with Crippen molar-refractivity contribution in [3.63, 3.8) is 0 Å². The maximum absolute atomic E-state index is 12.5. The average Bonchev–Trinajstić information content (AvgIpc) is 2.03. The molecule has 0 saturated heterocycles. The molecule has 0 N–H and O–H groups in total. The molecule has 0 bridgehead atoms. The van der Waals surface area contributed by atoms with Gasteiger partial charge in [-0.25, -0.2) is 4.98 Å². The highest BCUT2D eigenvalue weighted by atomic mass is 32.1. The largest absolute Gasteiger partial charge is 0.224 e. The van der Waals surface area contributed by atoms with Crippen LogP contribution in [0.3, 0.4) is 0 Å². The second-order valence-electron chi connectivity index (χ2n) is 2.23. The smallest absolute Gasteiger partial charge is 0.213 e. The molecule has 1 aromatic heterocycles. The van der Waals surface area contributed by atoms with Crippen molar-refractivity contribution < 1.29 is 4.39 Å². The molecule has 0 aliphatic heterocycles. The highest BCUT2D eigenvalue weighted by Gasteiger charge is 1.96. The number of halogens is 1. The molecule has 1 nitrogen and oxygen atoms in total. The number of rotatable bonds is 0. The van der Waals surface area contributed by atoms with Gasteiger partial charge in [-0.05, 0) is 19.1 Å². The standard InChI is InChI=1S/C9H8FNS/c1-7-8(3-2-6-12)4-5-9(10)11-7/h4-5,12H,6H2,1H3. The van der Waals surface area contributed by atoms with Gasteiger partial charge in [0.05, 0.1) is 11.4 Å². The summed E-state index contributed by atoms with van der Waals surface area (Å²) < 4.78 is 12.5. The summed E-state index contributed by atoms with van der Waals surface area (Å²) >= 11 is 3.94. The van der Waals surface area contributed by atoms with Crippen molar-refractivity contribution in [2.45, 2.75) is 6.92 Å². The number of nitrogens with zero attached hydrogens (tertiary/aromatic N) is 1. The number of hydrogen-bond donors (Lipinski definition) is 1. The maximum Gasteiger partial charge on any atom is 0.213 e. The summed E-state index contributed by atoms with van der Waals surface area (Å²) in [4.78, 5) is 3.63. The first-order valence-electron chi connectivity index (χ1n) is 3.47. The van der Waals surface area contributed by atoms with Gasteiger partial charge in [-0.3, -0.25) is 0 Å². The van der Waals surface area contributed by atoms with Crippen molar-refractivity contribution in [3.8, 4) is 11.8 Å². The molecular formula is C9H8FNS. The molecular weight excluding hydrogens is 173 g/mol. The zero-order valence-corrected chi connectivity index (χ0v) is 7.53. The van der Waals surface area contributed by atoms with Gasteiger partial charge >= 0.3 is 0 Å². The lowest BCUT2D eigenvalue weighted by Gasteiger charge is -1.95. The zero-order chi connectivity index (χ0) is 8.97. The Morgan fingerprint density at radius 1 is 1.58 bits per heavy atom. The Bertz CT molecular complexity index is 338. The summed E-state index contributed by atoms with van der Waals surface area (Å²) in [5.41, 5.74) is 1.37. The molecule has 0 spiro atoms. The van der Waals surface area contributed by atoms with Crippen LogP contribution in [0.5, 0.6) is 0 Å². The zero-order valence-electron chi connectivity index (χ0n) is 6.63. The molecule has 0 saturated carbocycles. The number of hydrogen-bond acceptors (Lipinski definition) is 2. The van der Waals surface area contributed by atoms with Crippen LogP contribution < -0.4 is 0 Å². The highest BCUT2D eigenvalue weighted by Crippen LogP contribution is 2.03. The minimum Gasteiger partial charge on any atom is -0.224 e. The van der Waals surface area contributed by atoms with Crippen molar-refractivity contribution in [2.24, 2.45) is 0 Å². The lowest BCUT2D eigenvalue weighted by Crippen LogP contribution is -1.90. The van der Waals surface area contributed by atoms with Crippen molar-refractivity contribution in [1.29, 1.82) is 0 Å². The van der Waals surface area contributed by atoms with E-state index in [-0.39, 0.29) is 0 Å². The van der Waals surface area contributed by atoms with Gasteiger partial charge in [0.25, 0.3) is 0 Å². The van der Waals surface area contributed by atoms with Crippen LogP contribution in [0.1, 0.15) is 11.3 Å². The van der Waals surface area contributed by atoms with Gasteiger partial charge < -0.3 is 0 Å². The SMILES string of the molecule is Cc1nc(F)ccc1C#CCS. The van der Waals surface area contributed by atoms with Crippen LogP contribution in [-0.2, 0) is 0 Å². The predicted molar refractivity (Wildman–Crippen MR) is 49.7 cm³/mol. The first-order valence-corrected chi connectivity index (χ1v) is 4.10. The minimum atomic E-state index is -0.469. The van der Waals surface area contributed by atoms with Gasteiger partial charge in [-0.2, -0.15) is 17.0 Å². The lowest BCUT2D eigenvalue weighted by molar-refractivity contribution is 0.579. The molecule has 0 aromatic carbocycles. The van der Waals surface area contributed by atoms with Crippen LogP contribution in [0.4, 0.5) is 4.39 Å². The first kappa shape index (κ1) is 9.08. The Balaban J connectivity index is 3.01. The second kappa shape index (κ2) is 4.13. The number of pyridine rings is 1. The van der Waals surface area contributed by atoms with Crippen LogP contribution in [0, 0.1) is 24.7 Å². The third-order valence-electron chi connectivity index (χ3n) is 1.35. The number of aromatic nitrogens is 1. The Labute approximate surface area is 76.4 Å². The molecule has 0 aliphatic carbocycles. The van der Waals surface area contributed by atoms with Gasteiger partial charge in [-0.15, -0.1) is 0 Å². The fourth-order valence-electron chi connectivity index (χ4n) is 0.797. The molecule has 0 unspecified atom stereocenters. The van der Waals surface area contributed by atoms with Crippen LogP contribution in [-0.4, -0.2) is 10.7 Å². The van der Waals surface area contributed by atoms with E-state index >= 15 is 0 Å². The van der Waals surface area contributed by atoms with Crippen LogP contribution >= 0.6 is 12.6 Å². The van der Waals surface area contributed by atoms with E-state index in [0.717, 1.165) is 5.56 Å². The van der Waals surface area contributed by atoms with Gasteiger partial charge in [0.2, 0.25) is 5.95 Å². The van der Waals surface area contributed by atoms with Crippen molar-refractivity contribution >= 4 is 12.6 Å². The van der Waals surface area contributed by atoms with Crippen LogP contribution in [0.2, 0.25) is 0 Å². The second-order valence-corrected chi connectivity index (χ2v) is 2.54. The van der Waals surface area contributed by atoms with Crippen molar-refractivity contribution in [1.82, 2.24) is 4.98 Å². The maximum atomic E-state index is 12.5. The Kier molecular flexibility index (Phi) is 3.12. The Morgan fingerprint density at radius 2 is 2.33 bits per heavy atom. The van der Waals surface area contributed by atoms with E-state index in [1.54, 1.807) is 13.0 Å². The van der Waals surface area contributed by atoms with Gasteiger partial charge in [-0.1, -0.05) is 11.8 Å². The molecule has 12 heavy (non-hydrogen) atoms. The molecule has 1 heterocycles. The van der Waals surface area contributed by atoms with Crippen molar-refractivity contribution in [3.05, 3.63) is 29.3 Å². The summed E-state index contributed by atoms with van der Waals surface area (Å²) in [5.74, 6) is 5.64. The normalized spacial score (nSPS) is 8.92. The summed E-state index contributed by atoms with van der Waals surface area (Å²) in [6, 6.07) is 2.92. The minimum absolute atomic E-state index is 0.469. The van der Waals surface area contributed by atoms with E-state index in [2.05, 4.69) is 29.5 Å². The van der Waals surface area contributed by atoms with E-state index in [1.165, 1.54) is 6.07 Å². The van der Waals surface area contributed by atoms with E-state index < -0.39 is 5.95 Å². The molecule has 0 amide bonds. The molecule has 1 rings (SSSR count). The van der Waals surface area contributed by atoms with Crippen LogP contribution in [0.25, 0.3) is 0 Å². The van der Waals surface area contributed by atoms with Crippen LogP contribution in [0.15, 0.2) is 12.1 Å². The lowest BCUT2D eigenvalue weighted by atomic mass is 10.2. The Hall–Kier alpha value is -1.01. The third-order valence-corrected chi connectivity index (χ3v) is 1.51. The van der Waals surface area contributed by atoms with Gasteiger partial charge in [0, 0.05) is 5.56 Å². The molecule has 0 radical (unpaired) electrons. The average molecular weight is 181 g/mol. The van der Waals surface area contributed by atoms with E-state index in [1.807, 2.05) is 0 Å². The van der Waals surface area contributed by atoms with Gasteiger partial charge in [0.15, 0.2) is 0 Å². The third kappa shape index (κ3) is 2.24. The molecule has 0 aliphatic rings. The summed E-state index contributed by atoms with van der Waals surface area (Å²) in [7, 11) is 0. The molecule has 62 valence electrons. The van der Waals surface area contributed by atoms with E-state index in [4.69, 9.17) is 0 Å². The summed E-state index contributed by atoms with van der Waals surface area (Å²) in [5, 5.41) is 0. The number of aryl methyl sites for hydroxylation is 1. The van der Waals surface area contributed by atoms with Gasteiger partial charge in [0.1, 0.15) is 0 Å². The number of thiol groups is 1. The van der Waals surface area contributed by atoms with E-state index in [0.29, 0.717) is 11.4 Å². The topological polar surface area (TPSA) is 12.9 Å². The fraction of sp³-hybridized carbons (Fsp3) is 0.222. The molecule has 0 fully saturated rings. The first-order chi connectivity index (χ1) is 5.74. The predicted octanol–water partition coefficient (Wildman–Crippen LogP) is 1.81.